The van der Waals surface area contributed by atoms with Gasteiger partial charge < -0.3 is 10.2 Å². The number of carbonyl (C=O) groups is 2. The lowest BCUT2D eigenvalue weighted by atomic mass is 10.0. The maximum atomic E-state index is 12.5. The number of benzene rings is 1. The maximum absolute atomic E-state index is 12.5. The second-order valence-corrected chi connectivity index (χ2v) is 8.02. The number of hydrogen-bond donors (Lipinski definition) is 2. The van der Waals surface area contributed by atoms with Crippen molar-refractivity contribution in [3.8, 4) is 0 Å². The van der Waals surface area contributed by atoms with E-state index in [1.807, 2.05) is 42.5 Å². The lowest BCUT2D eigenvalue weighted by Gasteiger charge is -2.20. The van der Waals surface area contributed by atoms with Gasteiger partial charge in [0.1, 0.15) is 6.54 Å². The monoisotopic (exact) mass is 391 g/mol. The SMILES string of the molecule is C=CC[NH+](CC(=O)N[C@H](Cc1ccccc1)C(C)=O)Cc1ccc(Cl)s1. The lowest BCUT2D eigenvalue weighted by Crippen LogP contribution is -3.11. The smallest absolute Gasteiger partial charge is 0.275 e. The van der Waals surface area contributed by atoms with Gasteiger partial charge in [0.05, 0.1) is 21.8 Å². The molecule has 1 aromatic heterocycles. The Kier molecular flexibility index (Phi) is 8.04. The van der Waals surface area contributed by atoms with Gasteiger partial charge in [-0.15, -0.1) is 11.3 Å². The number of quaternary nitrogens is 1. The van der Waals surface area contributed by atoms with E-state index in [0.29, 0.717) is 19.5 Å². The van der Waals surface area contributed by atoms with Gasteiger partial charge in [-0.05, 0) is 37.1 Å². The molecular weight excluding hydrogens is 368 g/mol. The molecule has 2 rings (SSSR count). The van der Waals surface area contributed by atoms with Crippen LogP contribution in [0.5, 0.6) is 0 Å². The molecule has 2 aromatic rings. The number of hydrogen-bond acceptors (Lipinski definition) is 3. The lowest BCUT2D eigenvalue weighted by molar-refractivity contribution is -0.899. The van der Waals surface area contributed by atoms with Crippen LogP contribution in [0.3, 0.4) is 0 Å². The molecule has 0 aliphatic rings. The minimum atomic E-state index is -0.508. The first-order valence-corrected chi connectivity index (χ1v) is 9.69. The number of halogens is 1. The quantitative estimate of drug-likeness (QED) is 0.610. The van der Waals surface area contributed by atoms with Gasteiger partial charge in [0.15, 0.2) is 12.3 Å². The summed E-state index contributed by atoms with van der Waals surface area (Å²) in [7, 11) is 0. The topological polar surface area (TPSA) is 50.6 Å². The summed E-state index contributed by atoms with van der Waals surface area (Å²) in [5.41, 5.74) is 1.02. The highest BCUT2D eigenvalue weighted by atomic mass is 35.5. The largest absolute Gasteiger partial charge is 0.341 e. The molecule has 1 unspecified atom stereocenters. The van der Waals surface area contributed by atoms with Crippen LogP contribution in [0, 0.1) is 0 Å². The molecule has 6 heteroatoms. The highest BCUT2D eigenvalue weighted by Crippen LogP contribution is 2.20. The fraction of sp³-hybridized carbons (Fsp3) is 0.300. The summed E-state index contributed by atoms with van der Waals surface area (Å²) in [5, 5.41) is 2.88. The summed E-state index contributed by atoms with van der Waals surface area (Å²) in [6.45, 7) is 6.91. The molecule has 1 heterocycles. The summed E-state index contributed by atoms with van der Waals surface area (Å²) < 4.78 is 0.738. The van der Waals surface area contributed by atoms with E-state index in [-0.39, 0.29) is 18.2 Å². The first-order valence-electron chi connectivity index (χ1n) is 8.50. The summed E-state index contributed by atoms with van der Waals surface area (Å²) in [5.74, 6) is -0.182. The minimum absolute atomic E-state index is 0.0440. The van der Waals surface area contributed by atoms with E-state index >= 15 is 0 Å². The molecule has 1 amide bonds. The number of Topliss-reactive ketones (excluding diaryl/α,β-unsaturated/α-hetero) is 1. The van der Waals surface area contributed by atoms with Crippen molar-refractivity contribution >= 4 is 34.6 Å². The Morgan fingerprint density at radius 2 is 2.00 bits per heavy atom. The van der Waals surface area contributed by atoms with E-state index in [0.717, 1.165) is 19.7 Å². The molecule has 0 saturated carbocycles. The first-order chi connectivity index (χ1) is 12.5. The average molecular weight is 392 g/mol. The summed E-state index contributed by atoms with van der Waals surface area (Å²) in [6.07, 6.45) is 2.30. The van der Waals surface area contributed by atoms with Crippen LogP contribution < -0.4 is 10.2 Å². The van der Waals surface area contributed by atoms with Gasteiger partial charge in [-0.3, -0.25) is 9.59 Å². The number of ketones is 1. The van der Waals surface area contributed by atoms with Crippen LogP contribution in [0.4, 0.5) is 0 Å². The van der Waals surface area contributed by atoms with Crippen molar-refractivity contribution in [3.05, 3.63) is 69.9 Å². The van der Waals surface area contributed by atoms with Crippen molar-refractivity contribution in [2.45, 2.75) is 25.9 Å². The third-order valence-corrected chi connectivity index (χ3v) is 5.24. The van der Waals surface area contributed by atoms with Crippen LogP contribution >= 0.6 is 22.9 Å². The molecule has 0 aliphatic heterocycles. The summed E-state index contributed by atoms with van der Waals surface area (Å²) >= 11 is 7.49. The highest BCUT2D eigenvalue weighted by molar-refractivity contribution is 7.16. The van der Waals surface area contributed by atoms with Gasteiger partial charge in [-0.1, -0.05) is 48.5 Å². The highest BCUT2D eigenvalue weighted by Gasteiger charge is 2.21. The van der Waals surface area contributed by atoms with Crippen molar-refractivity contribution in [3.63, 3.8) is 0 Å². The van der Waals surface area contributed by atoms with Gasteiger partial charge >= 0.3 is 0 Å². The number of thiophene rings is 1. The van der Waals surface area contributed by atoms with E-state index < -0.39 is 6.04 Å². The number of carbonyl (C=O) groups excluding carboxylic acids is 2. The Balaban J connectivity index is 1.95. The van der Waals surface area contributed by atoms with E-state index in [2.05, 4.69) is 11.9 Å². The zero-order chi connectivity index (χ0) is 18.9. The van der Waals surface area contributed by atoms with Crippen LogP contribution in [-0.4, -0.2) is 30.8 Å². The minimum Gasteiger partial charge on any atom is -0.341 e. The van der Waals surface area contributed by atoms with Crippen molar-refractivity contribution in [2.75, 3.05) is 13.1 Å². The molecular formula is C20H24ClN2O2S+. The third-order valence-electron chi connectivity index (χ3n) is 4.01. The van der Waals surface area contributed by atoms with E-state index in [4.69, 9.17) is 11.6 Å². The molecule has 0 aliphatic carbocycles. The van der Waals surface area contributed by atoms with Gasteiger partial charge in [-0.2, -0.15) is 0 Å². The maximum Gasteiger partial charge on any atom is 0.275 e. The predicted octanol–water partition coefficient (Wildman–Crippen LogP) is 2.29. The Morgan fingerprint density at radius 3 is 2.58 bits per heavy atom. The molecule has 4 nitrogen and oxygen atoms in total. The number of rotatable bonds is 10. The van der Waals surface area contributed by atoms with Crippen LogP contribution in [0.15, 0.2) is 55.1 Å². The Labute approximate surface area is 163 Å². The summed E-state index contributed by atoms with van der Waals surface area (Å²) in [6, 6.07) is 13.0. The number of nitrogens with one attached hydrogen (secondary N) is 2. The zero-order valence-electron chi connectivity index (χ0n) is 14.8. The van der Waals surface area contributed by atoms with Crippen molar-refractivity contribution < 1.29 is 14.5 Å². The fourth-order valence-corrected chi connectivity index (χ4v) is 3.88. The van der Waals surface area contributed by atoms with Gasteiger partial charge in [0.2, 0.25) is 0 Å². The van der Waals surface area contributed by atoms with Gasteiger partial charge in [0.25, 0.3) is 5.91 Å². The molecule has 2 N–H and O–H groups in total. The Hall–Kier alpha value is -1.95. The van der Waals surface area contributed by atoms with Crippen molar-refractivity contribution in [2.24, 2.45) is 0 Å². The molecule has 0 radical (unpaired) electrons. The first kappa shape index (κ1) is 20.4. The number of amides is 1. The van der Waals surface area contributed by atoms with Crippen LogP contribution in [0.25, 0.3) is 0 Å². The standard InChI is InChI=1S/C20H23ClN2O2S/c1-3-11-23(13-17-9-10-19(21)26-17)14-20(25)22-18(15(2)24)12-16-7-5-4-6-8-16/h3-10,18H,1,11-14H2,2H3,(H,22,25)/p+1/t18-/m1/s1. The van der Waals surface area contributed by atoms with E-state index in [1.54, 1.807) is 6.08 Å². The molecule has 0 bridgehead atoms. The molecule has 0 saturated heterocycles. The molecule has 0 spiro atoms. The normalized spacial score (nSPS) is 13.0. The fourth-order valence-electron chi connectivity index (χ4n) is 2.72. The molecule has 138 valence electrons. The molecule has 0 fully saturated rings. The third kappa shape index (κ3) is 6.75. The van der Waals surface area contributed by atoms with E-state index in [9.17, 15) is 9.59 Å². The molecule has 2 atom stereocenters. The van der Waals surface area contributed by atoms with E-state index in [1.165, 1.54) is 18.3 Å². The molecule has 26 heavy (non-hydrogen) atoms. The van der Waals surface area contributed by atoms with Gasteiger partial charge in [0, 0.05) is 0 Å². The van der Waals surface area contributed by atoms with Crippen molar-refractivity contribution in [1.82, 2.24) is 5.32 Å². The predicted molar refractivity (Wildman–Crippen MR) is 107 cm³/mol. The Morgan fingerprint density at radius 1 is 1.27 bits per heavy atom. The second kappa shape index (κ2) is 10.3. The van der Waals surface area contributed by atoms with Gasteiger partial charge in [-0.25, -0.2) is 0 Å². The summed E-state index contributed by atoms with van der Waals surface area (Å²) in [4.78, 5) is 26.6. The molecule has 1 aromatic carbocycles. The second-order valence-electron chi connectivity index (χ2n) is 6.22. The Bertz CT molecular complexity index is 745. The average Bonchev–Trinajstić information content (AvgIpc) is 3.00. The zero-order valence-corrected chi connectivity index (χ0v) is 16.4. The van der Waals surface area contributed by atoms with Crippen LogP contribution in [-0.2, 0) is 22.6 Å². The van der Waals surface area contributed by atoms with Crippen molar-refractivity contribution in [1.29, 1.82) is 0 Å². The van der Waals surface area contributed by atoms with Crippen LogP contribution in [0.1, 0.15) is 17.4 Å². The van der Waals surface area contributed by atoms with Crippen LogP contribution in [0.2, 0.25) is 4.34 Å².